The van der Waals surface area contributed by atoms with Crippen LogP contribution >= 0.6 is 0 Å². The van der Waals surface area contributed by atoms with Gasteiger partial charge in [-0.2, -0.15) is 0 Å². The van der Waals surface area contributed by atoms with Crippen molar-refractivity contribution < 1.29 is 13.9 Å². The zero-order chi connectivity index (χ0) is 14.5. The van der Waals surface area contributed by atoms with Crippen molar-refractivity contribution in [3.05, 3.63) is 59.4 Å². The highest BCUT2D eigenvalue weighted by molar-refractivity contribution is 5.93. The number of hydrogen-bond donors (Lipinski definition) is 1. The van der Waals surface area contributed by atoms with Gasteiger partial charge in [0.2, 0.25) is 5.91 Å². The Bertz CT molecular complexity index is 626. The lowest BCUT2D eigenvalue weighted by Crippen LogP contribution is -2.15. The van der Waals surface area contributed by atoms with Gasteiger partial charge >= 0.3 is 0 Å². The summed E-state index contributed by atoms with van der Waals surface area (Å²) >= 11 is 0. The van der Waals surface area contributed by atoms with Crippen LogP contribution in [0.3, 0.4) is 0 Å². The number of rotatable bonds is 4. The van der Waals surface area contributed by atoms with Crippen molar-refractivity contribution in [2.45, 2.75) is 13.3 Å². The summed E-state index contributed by atoms with van der Waals surface area (Å²) in [6, 6.07) is 11.6. The van der Waals surface area contributed by atoms with Crippen molar-refractivity contribution in [2.24, 2.45) is 0 Å². The van der Waals surface area contributed by atoms with E-state index >= 15 is 0 Å². The largest absolute Gasteiger partial charge is 0.496 e. The number of ether oxygens (including phenoxy) is 1. The van der Waals surface area contributed by atoms with Crippen molar-refractivity contribution in [3.8, 4) is 5.75 Å². The molecule has 2 aromatic rings. The van der Waals surface area contributed by atoms with Crippen LogP contribution in [0.15, 0.2) is 42.5 Å². The van der Waals surface area contributed by atoms with Gasteiger partial charge in [-0.1, -0.05) is 24.3 Å². The fraction of sp³-hybridized carbons (Fsp3) is 0.188. The third kappa shape index (κ3) is 3.35. The van der Waals surface area contributed by atoms with Gasteiger partial charge in [0.1, 0.15) is 11.6 Å². The molecule has 4 heteroatoms. The predicted octanol–water partition coefficient (Wildman–Crippen LogP) is 3.32. The van der Waals surface area contributed by atoms with Gasteiger partial charge in [0.05, 0.1) is 13.5 Å². The third-order valence-electron chi connectivity index (χ3n) is 3.02. The van der Waals surface area contributed by atoms with E-state index < -0.39 is 0 Å². The van der Waals surface area contributed by atoms with E-state index in [1.807, 2.05) is 25.1 Å². The maximum atomic E-state index is 13.2. The molecule has 0 aliphatic carbocycles. The fourth-order valence-corrected chi connectivity index (χ4v) is 1.95. The maximum absolute atomic E-state index is 13.2. The molecule has 0 saturated heterocycles. The molecule has 104 valence electrons. The molecule has 20 heavy (non-hydrogen) atoms. The molecule has 1 N–H and O–H groups in total. The van der Waals surface area contributed by atoms with Crippen LogP contribution in [0, 0.1) is 12.7 Å². The highest BCUT2D eigenvalue weighted by Crippen LogP contribution is 2.20. The quantitative estimate of drug-likeness (QED) is 0.928. The first-order chi connectivity index (χ1) is 9.60. The SMILES string of the molecule is COc1ccccc1CC(=O)Nc1cc(F)ccc1C. The summed E-state index contributed by atoms with van der Waals surface area (Å²) in [5, 5.41) is 2.72. The Morgan fingerprint density at radius 3 is 2.75 bits per heavy atom. The number of para-hydroxylation sites is 1. The molecule has 3 nitrogen and oxygen atoms in total. The van der Waals surface area contributed by atoms with Crippen LogP contribution < -0.4 is 10.1 Å². The van der Waals surface area contributed by atoms with E-state index in [-0.39, 0.29) is 18.1 Å². The molecule has 0 atom stereocenters. The van der Waals surface area contributed by atoms with Gasteiger partial charge in [-0.3, -0.25) is 4.79 Å². The Kier molecular flexibility index (Phi) is 4.35. The second kappa shape index (κ2) is 6.19. The summed E-state index contributed by atoms with van der Waals surface area (Å²) in [6.45, 7) is 1.82. The molecule has 0 aliphatic rings. The molecule has 0 fully saturated rings. The van der Waals surface area contributed by atoms with Crippen molar-refractivity contribution in [2.75, 3.05) is 12.4 Å². The van der Waals surface area contributed by atoms with E-state index in [2.05, 4.69) is 5.32 Å². The molecule has 0 aromatic heterocycles. The molecule has 0 aliphatic heterocycles. The molecule has 1 amide bonds. The molecule has 0 saturated carbocycles. The Morgan fingerprint density at radius 2 is 2.00 bits per heavy atom. The van der Waals surface area contributed by atoms with E-state index in [9.17, 15) is 9.18 Å². The Balaban J connectivity index is 2.11. The molecule has 0 radical (unpaired) electrons. The third-order valence-corrected chi connectivity index (χ3v) is 3.02. The first-order valence-electron chi connectivity index (χ1n) is 6.28. The molecular weight excluding hydrogens is 257 g/mol. The standard InChI is InChI=1S/C16H16FNO2/c1-11-7-8-13(17)10-14(11)18-16(19)9-12-5-3-4-6-15(12)20-2/h3-8,10H,9H2,1-2H3,(H,18,19). The summed E-state index contributed by atoms with van der Waals surface area (Å²) in [7, 11) is 1.56. The normalized spacial score (nSPS) is 10.2. The fourth-order valence-electron chi connectivity index (χ4n) is 1.95. The minimum Gasteiger partial charge on any atom is -0.496 e. The van der Waals surface area contributed by atoms with Gasteiger partial charge in [-0.25, -0.2) is 4.39 Å². The van der Waals surface area contributed by atoms with E-state index in [4.69, 9.17) is 4.74 Å². The van der Waals surface area contributed by atoms with Crippen LogP contribution in [0.5, 0.6) is 5.75 Å². The average molecular weight is 273 g/mol. The first kappa shape index (κ1) is 14.1. The van der Waals surface area contributed by atoms with Gasteiger partial charge in [-0.15, -0.1) is 0 Å². The number of halogens is 1. The van der Waals surface area contributed by atoms with Gasteiger partial charge in [0.25, 0.3) is 0 Å². The van der Waals surface area contributed by atoms with Gasteiger partial charge in [0.15, 0.2) is 0 Å². The number of carbonyl (C=O) groups is 1. The number of methoxy groups -OCH3 is 1. The number of nitrogens with one attached hydrogen (secondary N) is 1. The number of amides is 1. The van der Waals surface area contributed by atoms with Crippen molar-refractivity contribution >= 4 is 11.6 Å². The Hall–Kier alpha value is -2.36. The van der Waals surface area contributed by atoms with Crippen molar-refractivity contribution in [3.63, 3.8) is 0 Å². The minimum absolute atomic E-state index is 0.181. The summed E-state index contributed by atoms with van der Waals surface area (Å²) in [5.41, 5.74) is 2.10. The molecule has 0 spiro atoms. The lowest BCUT2D eigenvalue weighted by molar-refractivity contribution is -0.115. The number of benzene rings is 2. The first-order valence-corrected chi connectivity index (χ1v) is 6.28. The summed E-state index contributed by atoms with van der Waals surface area (Å²) in [5.74, 6) is 0.0880. The Labute approximate surface area is 117 Å². The van der Waals surface area contributed by atoms with Crippen LogP contribution in [-0.2, 0) is 11.2 Å². The Morgan fingerprint density at radius 1 is 1.25 bits per heavy atom. The van der Waals surface area contributed by atoms with Crippen LogP contribution in [-0.4, -0.2) is 13.0 Å². The lowest BCUT2D eigenvalue weighted by Gasteiger charge is -2.10. The molecule has 0 bridgehead atoms. The van der Waals surface area contributed by atoms with E-state index in [0.29, 0.717) is 11.4 Å². The predicted molar refractivity (Wildman–Crippen MR) is 76.5 cm³/mol. The molecular formula is C16H16FNO2. The average Bonchev–Trinajstić information content (AvgIpc) is 2.43. The van der Waals surface area contributed by atoms with Crippen molar-refractivity contribution in [1.29, 1.82) is 0 Å². The van der Waals surface area contributed by atoms with Crippen LogP contribution in [0.1, 0.15) is 11.1 Å². The minimum atomic E-state index is -0.372. The maximum Gasteiger partial charge on any atom is 0.228 e. The molecule has 2 aromatic carbocycles. The second-order valence-corrected chi connectivity index (χ2v) is 4.50. The van der Waals surface area contributed by atoms with Gasteiger partial charge in [0, 0.05) is 11.3 Å². The van der Waals surface area contributed by atoms with Crippen LogP contribution in [0.4, 0.5) is 10.1 Å². The van der Waals surface area contributed by atoms with E-state index in [1.165, 1.54) is 12.1 Å². The summed E-state index contributed by atoms with van der Waals surface area (Å²) in [6.07, 6.45) is 0.181. The van der Waals surface area contributed by atoms with Crippen molar-refractivity contribution in [1.82, 2.24) is 0 Å². The molecule has 2 rings (SSSR count). The van der Waals surface area contributed by atoms with Gasteiger partial charge in [-0.05, 0) is 30.7 Å². The smallest absolute Gasteiger partial charge is 0.228 e. The number of carbonyl (C=O) groups excluding carboxylic acids is 1. The van der Waals surface area contributed by atoms with E-state index in [1.54, 1.807) is 19.2 Å². The molecule has 0 heterocycles. The number of anilines is 1. The molecule has 0 unspecified atom stereocenters. The number of hydrogen-bond acceptors (Lipinski definition) is 2. The zero-order valence-corrected chi connectivity index (χ0v) is 11.4. The van der Waals surface area contributed by atoms with E-state index in [0.717, 1.165) is 11.1 Å². The summed E-state index contributed by atoms with van der Waals surface area (Å²) < 4.78 is 18.4. The van der Waals surface area contributed by atoms with Crippen LogP contribution in [0.2, 0.25) is 0 Å². The van der Waals surface area contributed by atoms with Gasteiger partial charge < -0.3 is 10.1 Å². The number of aryl methyl sites for hydroxylation is 1. The second-order valence-electron chi connectivity index (χ2n) is 4.50. The summed E-state index contributed by atoms with van der Waals surface area (Å²) in [4.78, 5) is 12.0. The highest BCUT2D eigenvalue weighted by Gasteiger charge is 2.10. The lowest BCUT2D eigenvalue weighted by atomic mass is 10.1. The highest BCUT2D eigenvalue weighted by atomic mass is 19.1. The monoisotopic (exact) mass is 273 g/mol. The van der Waals surface area contributed by atoms with Crippen LogP contribution in [0.25, 0.3) is 0 Å². The topological polar surface area (TPSA) is 38.3 Å². The zero-order valence-electron chi connectivity index (χ0n) is 11.4.